The van der Waals surface area contributed by atoms with E-state index in [1.807, 2.05) is 6.07 Å². The van der Waals surface area contributed by atoms with Crippen molar-refractivity contribution in [1.29, 1.82) is 5.26 Å². The van der Waals surface area contributed by atoms with Crippen LogP contribution in [0, 0.1) is 11.3 Å². The van der Waals surface area contributed by atoms with Crippen LogP contribution in [0.3, 0.4) is 0 Å². The third kappa shape index (κ3) is 4.86. The first kappa shape index (κ1) is 13.8. The van der Waals surface area contributed by atoms with Gasteiger partial charge >= 0.3 is 0 Å². The fourth-order valence-corrected chi connectivity index (χ4v) is 2.07. The molecule has 0 spiro atoms. The Morgan fingerprint density at radius 1 is 1.42 bits per heavy atom. The quantitative estimate of drug-likeness (QED) is 0.759. The maximum atomic E-state index is 8.67. The third-order valence-electron chi connectivity index (χ3n) is 3.16. The van der Waals surface area contributed by atoms with E-state index < -0.39 is 0 Å². The van der Waals surface area contributed by atoms with Crippen LogP contribution in [0.25, 0.3) is 0 Å². The molecule has 5 nitrogen and oxygen atoms in total. The highest BCUT2D eigenvalue weighted by molar-refractivity contribution is 5.38. The molecule has 2 rings (SSSR count). The van der Waals surface area contributed by atoms with Gasteiger partial charge in [-0.15, -0.1) is 0 Å². The summed E-state index contributed by atoms with van der Waals surface area (Å²) in [5.41, 5.74) is 0.583. The van der Waals surface area contributed by atoms with Crippen molar-refractivity contribution in [2.75, 3.05) is 31.6 Å². The lowest BCUT2D eigenvalue weighted by atomic mass is 10.1. The number of nitrogens with zero attached hydrogens (tertiary/aromatic N) is 2. The fourth-order valence-electron chi connectivity index (χ4n) is 2.07. The second kappa shape index (κ2) is 7.72. The standard InChI is InChI=1S/C14H20N4O/c15-10-12-2-3-14(18-11-12)17-6-1-9-19-13-4-7-16-8-5-13/h2-3,11,13,16H,1,4-9H2,(H,17,18). The first-order chi connectivity index (χ1) is 9.38. The number of rotatable bonds is 6. The summed E-state index contributed by atoms with van der Waals surface area (Å²) < 4.78 is 5.81. The van der Waals surface area contributed by atoms with E-state index >= 15 is 0 Å². The van der Waals surface area contributed by atoms with Gasteiger partial charge in [-0.25, -0.2) is 4.98 Å². The Morgan fingerprint density at radius 3 is 2.95 bits per heavy atom. The molecule has 0 radical (unpaired) electrons. The normalized spacial score (nSPS) is 15.9. The lowest BCUT2D eigenvalue weighted by molar-refractivity contribution is 0.0329. The van der Waals surface area contributed by atoms with Gasteiger partial charge in [0.2, 0.25) is 0 Å². The minimum atomic E-state index is 0.425. The molecule has 0 aliphatic carbocycles. The highest BCUT2D eigenvalue weighted by Crippen LogP contribution is 2.08. The minimum absolute atomic E-state index is 0.425. The number of nitrogens with one attached hydrogen (secondary N) is 2. The Hall–Kier alpha value is -1.64. The molecule has 0 bridgehead atoms. The summed E-state index contributed by atoms with van der Waals surface area (Å²) in [5.74, 6) is 0.806. The number of nitriles is 1. The highest BCUT2D eigenvalue weighted by atomic mass is 16.5. The van der Waals surface area contributed by atoms with Crippen LogP contribution in [-0.2, 0) is 4.74 Å². The second-order valence-electron chi connectivity index (χ2n) is 4.64. The van der Waals surface area contributed by atoms with Crippen molar-refractivity contribution in [1.82, 2.24) is 10.3 Å². The molecule has 1 saturated heterocycles. The van der Waals surface area contributed by atoms with Gasteiger partial charge in [-0.3, -0.25) is 0 Å². The van der Waals surface area contributed by atoms with Crippen molar-refractivity contribution in [2.45, 2.75) is 25.4 Å². The van der Waals surface area contributed by atoms with Gasteiger partial charge in [0.15, 0.2) is 0 Å². The molecule has 5 heteroatoms. The summed E-state index contributed by atoms with van der Waals surface area (Å²) in [7, 11) is 0. The van der Waals surface area contributed by atoms with Crippen LogP contribution in [-0.4, -0.2) is 37.3 Å². The predicted octanol–water partition coefficient (Wildman–Crippen LogP) is 1.52. The number of pyridine rings is 1. The number of hydrogen-bond acceptors (Lipinski definition) is 5. The Balaban J connectivity index is 1.57. The van der Waals surface area contributed by atoms with Crippen molar-refractivity contribution >= 4 is 5.82 Å². The Morgan fingerprint density at radius 2 is 2.26 bits per heavy atom. The maximum Gasteiger partial charge on any atom is 0.125 e. The summed E-state index contributed by atoms with van der Waals surface area (Å²) in [6.07, 6.45) is 5.20. The smallest absolute Gasteiger partial charge is 0.125 e. The van der Waals surface area contributed by atoms with Crippen LogP contribution in [0.5, 0.6) is 0 Å². The molecule has 1 aromatic rings. The molecule has 102 valence electrons. The molecule has 2 heterocycles. The summed E-state index contributed by atoms with van der Waals surface area (Å²) in [5, 5.41) is 15.2. The second-order valence-corrected chi connectivity index (χ2v) is 4.64. The average Bonchev–Trinajstić information content (AvgIpc) is 2.49. The molecule has 19 heavy (non-hydrogen) atoms. The molecule has 2 N–H and O–H groups in total. The van der Waals surface area contributed by atoms with Gasteiger partial charge in [0.05, 0.1) is 11.7 Å². The van der Waals surface area contributed by atoms with E-state index in [-0.39, 0.29) is 0 Å². The van der Waals surface area contributed by atoms with E-state index in [0.29, 0.717) is 11.7 Å². The largest absolute Gasteiger partial charge is 0.378 e. The van der Waals surface area contributed by atoms with Crippen LogP contribution >= 0.6 is 0 Å². The summed E-state index contributed by atoms with van der Waals surface area (Å²) >= 11 is 0. The Labute approximate surface area is 114 Å². The van der Waals surface area contributed by atoms with E-state index in [1.165, 1.54) is 0 Å². The molecular weight excluding hydrogens is 240 g/mol. The molecule has 0 unspecified atom stereocenters. The van der Waals surface area contributed by atoms with Gasteiger partial charge in [-0.05, 0) is 44.5 Å². The molecule has 0 amide bonds. The van der Waals surface area contributed by atoms with Crippen molar-refractivity contribution in [2.24, 2.45) is 0 Å². The molecule has 1 fully saturated rings. The summed E-state index contributed by atoms with van der Waals surface area (Å²) in [4.78, 5) is 4.15. The zero-order valence-electron chi connectivity index (χ0n) is 11.1. The summed E-state index contributed by atoms with van der Waals surface area (Å²) in [6.45, 7) is 3.76. The van der Waals surface area contributed by atoms with Gasteiger partial charge in [-0.1, -0.05) is 0 Å². The van der Waals surface area contributed by atoms with Crippen LogP contribution in [0.2, 0.25) is 0 Å². The van der Waals surface area contributed by atoms with Gasteiger partial charge in [-0.2, -0.15) is 5.26 Å². The lowest BCUT2D eigenvalue weighted by Gasteiger charge is -2.22. The van der Waals surface area contributed by atoms with E-state index in [1.54, 1.807) is 12.3 Å². The van der Waals surface area contributed by atoms with Gasteiger partial charge in [0.25, 0.3) is 0 Å². The number of aromatic nitrogens is 1. The number of ether oxygens (including phenoxy) is 1. The lowest BCUT2D eigenvalue weighted by Crippen LogP contribution is -2.32. The molecule has 0 atom stereocenters. The number of anilines is 1. The zero-order valence-corrected chi connectivity index (χ0v) is 11.1. The van der Waals surface area contributed by atoms with Crippen LogP contribution in [0.4, 0.5) is 5.82 Å². The van der Waals surface area contributed by atoms with Crippen LogP contribution < -0.4 is 10.6 Å². The first-order valence-electron chi connectivity index (χ1n) is 6.81. The fraction of sp³-hybridized carbons (Fsp3) is 0.571. The van der Waals surface area contributed by atoms with Gasteiger partial charge < -0.3 is 15.4 Å². The molecule has 1 aromatic heterocycles. The maximum absolute atomic E-state index is 8.67. The molecule has 0 saturated carbocycles. The van der Waals surface area contributed by atoms with Crippen molar-refractivity contribution in [3.63, 3.8) is 0 Å². The molecule has 1 aliphatic rings. The van der Waals surface area contributed by atoms with Crippen molar-refractivity contribution < 1.29 is 4.74 Å². The summed E-state index contributed by atoms with van der Waals surface area (Å²) in [6, 6.07) is 5.64. The van der Waals surface area contributed by atoms with E-state index in [2.05, 4.69) is 21.7 Å². The average molecular weight is 260 g/mol. The van der Waals surface area contributed by atoms with Crippen molar-refractivity contribution in [3.8, 4) is 6.07 Å². The van der Waals surface area contributed by atoms with E-state index in [4.69, 9.17) is 10.00 Å². The molecule has 0 aromatic carbocycles. The van der Waals surface area contributed by atoms with Crippen molar-refractivity contribution in [3.05, 3.63) is 23.9 Å². The highest BCUT2D eigenvalue weighted by Gasteiger charge is 2.12. The van der Waals surface area contributed by atoms with Crippen LogP contribution in [0.15, 0.2) is 18.3 Å². The van der Waals surface area contributed by atoms with E-state index in [9.17, 15) is 0 Å². The zero-order chi connectivity index (χ0) is 13.3. The number of piperidine rings is 1. The van der Waals surface area contributed by atoms with Crippen LogP contribution in [0.1, 0.15) is 24.8 Å². The molecule has 1 aliphatic heterocycles. The van der Waals surface area contributed by atoms with Gasteiger partial charge in [0.1, 0.15) is 11.9 Å². The monoisotopic (exact) mass is 260 g/mol. The predicted molar refractivity (Wildman–Crippen MR) is 73.9 cm³/mol. The van der Waals surface area contributed by atoms with E-state index in [0.717, 1.165) is 51.3 Å². The SMILES string of the molecule is N#Cc1ccc(NCCCOC2CCNCC2)nc1. The number of hydrogen-bond donors (Lipinski definition) is 2. The Kier molecular flexibility index (Phi) is 5.60. The minimum Gasteiger partial charge on any atom is -0.378 e. The molecular formula is C14H20N4O. The Bertz CT molecular complexity index is 406. The third-order valence-corrected chi connectivity index (χ3v) is 3.16. The first-order valence-corrected chi connectivity index (χ1v) is 6.81. The van der Waals surface area contributed by atoms with Gasteiger partial charge in [0, 0.05) is 19.3 Å². The topological polar surface area (TPSA) is 70.0 Å².